The van der Waals surface area contributed by atoms with Gasteiger partial charge in [0, 0.05) is 43.8 Å². The van der Waals surface area contributed by atoms with Crippen molar-refractivity contribution in [1.82, 2.24) is 19.8 Å². The molecule has 10 heteroatoms. The minimum Gasteiger partial charge on any atom is -0.493 e. The molecule has 10 nitrogen and oxygen atoms in total. The lowest BCUT2D eigenvalue weighted by molar-refractivity contribution is -0.118. The fourth-order valence-corrected chi connectivity index (χ4v) is 5.34. The van der Waals surface area contributed by atoms with Gasteiger partial charge in [0.1, 0.15) is 12.9 Å². The summed E-state index contributed by atoms with van der Waals surface area (Å²) >= 11 is 0. The van der Waals surface area contributed by atoms with E-state index in [9.17, 15) is 9.59 Å². The normalized spacial score (nSPS) is 21.8. The van der Waals surface area contributed by atoms with Crippen LogP contribution >= 0.6 is 0 Å². The third-order valence-corrected chi connectivity index (χ3v) is 7.21. The summed E-state index contributed by atoms with van der Waals surface area (Å²) in [6.07, 6.45) is 7.36. The van der Waals surface area contributed by atoms with E-state index in [0.29, 0.717) is 47.1 Å². The van der Waals surface area contributed by atoms with Crippen molar-refractivity contribution in [2.45, 2.75) is 38.1 Å². The molecule has 0 bridgehead atoms. The van der Waals surface area contributed by atoms with Crippen LogP contribution in [0.25, 0.3) is 10.9 Å². The van der Waals surface area contributed by atoms with Crippen LogP contribution in [0.4, 0.5) is 5.82 Å². The van der Waals surface area contributed by atoms with Crippen LogP contribution in [0.3, 0.4) is 0 Å². The third-order valence-electron chi connectivity index (χ3n) is 7.21. The molecule has 196 valence electrons. The van der Waals surface area contributed by atoms with Gasteiger partial charge < -0.3 is 24.0 Å². The zero-order valence-corrected chi connectivity index (χ0v) is 21.4. The Morgan fingerprint density at radius 2 is 1.86 bits per heavy atom. The Hall–Kier alpha value is -3.37. The molecule has 2 saturated heterocycles. The summed E-state index contributed by atoms with van der Waals surface area (Å²) in [5.41, 5.74) is 1.30. The Labute approximate surface area is 216 Å². The molecule has 3 aliphatic rings. The molecule has 5 rings (SSSR count). The molecule has 0 unspecified atom stereocenters. The number of carbonyl (C=O) groups excluding carboxylic acids is 2. The van der Waals surface area contributed by atoms with E-state index >= 15 is 0 Å². The van der Waals surface area contributed by atoms with Crippen LogP contribution in [-0.2, 0) is 14.3 Å². The van der Waals surface area contributed by atoms with E-state index in [1.54, 1.807) is 26.4 Å². The molecule has 0 N–H and O–H groups in total. The number of carbonyl (C=O) groups is 2. The second-order valence-corrected chi connectivity index (χ2v) is 9.61. The molecule has 0 spiro atoms. The first-order valence-corrected chi connectivity index (χ1v) is 12.9. The van der Waals surface area contributed by atoms with Gasteiger partial charge in [0.15, 0.2) is 23.1 Å². The number of likely N-dealkylation sites (tertiary alicyclic amines) is 2. The molecule has 2 aliphatic heterocycles. The number of fused-ring (bicyclic) bond motifs is 1. The summed E-state index contributed by atoms with van der Waals surface area (Å²) < 4.78 is 16.3. The topological polar surface area (TPSA) is 106 Å². The molecule has 1 aromatic carbocycles. The molecule has 1 aliphatic carbocycles. The molecule has 0 amide bonds. The van der Waals surface area contributed by atoms with Crippen molar-refractivity contribution in [3.63, 3.8) is 0 Å². The Morgan fingerprint density at radius 1 is 1.03 bits per heavy atom. The van der Waals surface area contributed by atoms with Crippen LogP contribution in [0.5, 0.6) is 11.5 Å². The van der Waals surface area contributed by atoms with E-state index in [0.717, 1.165) is 39.0 Å². The van der Waals surface area contributed by atoms with Crippen LogP contribution in [0, 0.1) is 0 Å². The van der Waals surface area contributed by atoms with Crippen molar-refractivity contribution >= 4 is 34.0 Å². The Bertz CT molecular complexity index is 1240. The zero-order chi connectivity index (χ0) is 25.8. The van der Waals surface area contributed by atoms with Gasteiger partial charge in [-0.15, -0.1) is 0 Å². The Morgan fingerprint density at radius 3 is 2.65 bits per heavy atom. The van der Waals surface area contributed by atoms with Gasteiger partial charge in [0.25, 0.3) is 0 Å². The lowest BCUT2D eigenvalue weighted by Crippen LogP contribution is -2.42. The average molecular weight is 508 g/mol. The zero-order valence-electron chi connectivity index (χ0n) is 21.4. The highest BCUT2D eigenvalue weighted by molar-refractivity contribution is 6.50. The summed E-state index contributed by atoms with van der Waals surface area (Å²) in [5, 5.41) is 0.603. The molecular weight excluding hydrogens is 474 g/mol. The number of hydrogen-bond acceptors (Lipinski definition) is 10. The van der Waals surface area contributed by atoms with E-state index < -0.39 is 0 Å². The van der Waals surface area contributed by atoms with E-state index in [-0.39, 0.29) is 29.7 Å². The van der Waals surface area contributed by atoms with Crippen molar-refractivity contribution < 1.29 is 23.8 Å². The second kappa shape index (κ2) is 11.4. The third kappa shape index (κ3) is 5.50. The van der Waals surface area contributed by atoms with Crippen LogP contribution in [0.1, 0.15) is 32.1 Å². The maximum atomic E-state index is 13.2. The number of benzene rings is 1. The summed E-state index contributed by atoms with van der Waals surface area (Å²) in [7, 11) is 3.15. The number of methoxy groups -OCH3 is 2. The second-order valence-electron chi connectivity index (χ2n) is 9.61. The SMILES string of the molecule is COCCOc1cc2ncnc(N=C3CC(=O)C(N4CCC[C@H]4CN4CCCC4)=CC3=O)c2cc1OC. The molecule has 2 aromatic rings. The summed E-state index contributed by atoms with van der Waals surface area (Å²) in [6, 6.07) is 3.76. The minimum atomic E-state index is -0.250. The molecule has 0 saturated carbocycles. The van der Waals surface area contributed by atoms with Gasteiger partial charge in [-0.3, -0.25) is 9.59 Å². The number of aromatic nitrogens is 2. The quantitative estimate of drug-likeness (QED) is 0.474. The molecular formula is C27H33N5O5. The fourth-order valence-electron chi connectivity index (χ4n) is 5.34. The Balaban J connectivity index is 1.39. The molecule has 1 aromatic heterocycles. The number of rotatable bonds is 9. The molecule has 0 radical (unpaired) electrons. The number of Topliss-reactive ketones (excluding diaryl/α,β-unsaturated/α-hetero) is 1. The monoisotopic (exact) mass is 507 g/mol. The summed E-state index contributed by atoms with van der Waals surface area (Å²) in [6.45, 7) is 4.79. The first-order valence-electron chi connectivity index (χ1n) is 12.9. The van der Waals surface area contributed by atoms with Crippen molar-refractivity contribution in [3.05, 3.63) is 30.2 Å². The smallest absolute Gasteiger partial charge is 0.202 e. The van der Waals surface area contributed by atoms with Crippen molar-refractivity contribution in [2.24, 2.45) is 4.99 Å². The largest absolute Gasteiger partial charge is 0.493 e. The number of allylic oxidation sites excluding steroid dienone is 2. The van der Waals surface area contributed by atoms with Crippen molar-refractivity contribution in [2.75, 3.05) is 53.6 Å². The van der Waals surface area contributed by atoms with Gasteiger partial charge >= 0.3 is 0 Å². The number of ether oxygens (including phenoxy) is 3. The predicted octanol–water partition coefficient (Wildman–Crippen LogP) is 2.72. The summed E-state index contributed by atoms with van der Waals surface area (Å²) in [5.74, 6) is 1.00. The molecule has 37 heavy (non-hydrogen) atoms. The van der Waals surface area contributed by atoms with Gasteiger partial charge in [-0.1, -0.05) is 0 Å². The van der Waals surface area contributed by atoms with E-state index in [4.69, 9.17) is 14.2 Å². The van der Waals surface area contributed by atoms with Gasteiger partial charge in [0.2, 0.25) is 5.78 Å². The highest BCUT2D eigenvalue weighted by Gasteiger charge is 2.35. The van der Waals surface area contributed by atoms with E-state index in [1.165, 1.54) is 25.2 Å². The number of nitrogens with zero attached hydrogens (tertiary/aromatic N) is 5. The highest BCUT2D eigenvalue weighted by atomic mass is 16.5. The van der Waals surface area contributed by atoms with Crippen LogP contribution in [0.15, 0.2) is 35.2 Å². The molecule has 3 heterocycles. The highest BCUT2D eigenvalue weighted by Crippen LogP contribution is 2.35. The maximum absolute atomic E-state index is 13.2. The Kier molecular flexibility index (Phi) is 7.76. The van der Waals surface area contributed by atoms with E-state index in [2.05, 4.69) is 24.8 Å². The van der Waals surface area contributed by atoms with Gasteiger partial charge in [-0.2, -0.15) is 0 Å². The number of ketones is 2. The van der Waals surface area contributed by atoms with Crippen LogP contribution in [-0.4, -0.2) is 96.7 Å². The fraction of sp³-hybridized carbons (Fsp3) is 0.519. The van der Waals surface area contributed by atoms with Crippen molar-refractivity contribution in [3.8, 4) is 11.5 Å². The first-order chi connectivity index (χ1) is 18.1. The van der Waals surface area contributed by atoms with E-state index in [1.807, 2.05) is 0 Å². The van der Waals surface area contributed by atoms with Crippen LogP contribution < -0.4 is 9.47 Å². The standard InChI is InChI=1S/C27H33N5O5/c1-35-10-11-37-26-14-20-19(12-25(26)36-2)27(29-17-28-20)30-21-13-24(34)22(15-23(21)33)32-9-5-6-18(32)16-31-7-3-4-8-31/h12,14-15,17-18H,3-11,13,16H2,1-2H3/t18-/m0/s1. The maximum Gasteiger partial charge on any atom is 0.202 e. The van der Waals surface area contributed by atoms with Gasteiger partial charge in [-0.25, -0.2) is 15.0 Å². The van der Waals surface area contributed by atoms with Gasteiger partial charge in [-0.05, 0) is 44.8 Å². The number of hydrogen-bond donors (Lipinski definition) is 0. The minimum absolute atomic E-state index is 0.0432. The number of aliphatic imine (C=N–C) groups is 1. The average Bonchev–Trinajstić information content (AvgIpc) is 3.58. The van der Waals surface area contributed by atoms with Gasteiger partial charge in [0.05, 0.1) is 37.1 Å². The predicted molar refractivity (Wildman–Crippen MR) is 139 cm³/mol. The lowest BCUT2D eigenvalue weighted by atomic mass is 9.98. The van der Waals surface area contributed by atoms with Crippen LogP contribution in [0.2, 0.25) is 0 Å². The molecule has 2 fully saturated rings. The summed E-state index contributed by atoms with van der Waals surface area (Å²) in [4.78, 5) is 44.1. The van der Waals surface area contributed by atoms with Crippen molar-refractivity contribution in [1.29, 1.82) is 0 Å². The first kappa shape index (κ1) is 25.3. The lowest BCUT2D eigenvalue weighted by Gasteiger charge is -2.32. The molecule has 1 atom stereocenters.